The van der Waals surface area contributed by atoms with E-state index in [1.807, 2.05) is 0 Å². The van der Waals surface area contributed by atoms with Crippen LogP contribution in [-0.4, -0.2) is 26.8 Å². The van der Waals surface area contributed by atoms with Crippen molar-refractivity contribution in [1.82, 2.24) is 9.97 Å². The van der Waals surface area contributed by atoms with Gasteiger partial charge in [-0.2, -0.15) is 0 Å². The molecule has 0 aliphatic rings. The molecule has 20 heavy (non-hydrogen) atoms. The minimum atomic E-state index is -1.40. The van der Waals surface area contributed by atoms with E-state index in [1.54, 1.807) is 0 Å². The summed E-state index contributed by atoms with van der Waals surface area (Å²) in [5.41, 5.74) is -0.734. The second-order valence-electron chi connectivity index (χ2n) is 3.91. The fourth-order valence-electron chi connectivity index (χ4n) is 1.63. The summed E-state index contributed by atoms with van der Waals surface area (Å²) < 4.78 is 13.7. The van der Waals surface area contributed by atoms with Crippen molar-refractivity contribution in [1.29, 1.82) is 0 Å². The Morgan fingerprint density at radius 3 is 2.60 bits per heavy atom. The van der Waals surface area contributed by atoms with Crippen molar-refractivity contribution < 1.29 is 19.1 Å². The lowest BCUT2D eigenvalue weighted by Gasteiger charge is -2.07. The Morgan fingerprint density at radius 2 is 2.05 bits per heavy atom. The molecule has 2 rings (SSSR count). The maximum absolute atomic E-state index is 13.7. The Balaban J connectivity index is 2.69. The van der Waals surface area contributed by atoms with Gasteiger partial charge in [-0.1, -0.05) is 17.7 Å². The Morgan fingerprint density at radius 1 is 1.35 bits per heavy atom. The van der Waals surface area contributed by atoms with Crippen LogP contribution in [0.4, 0.5) is 4.39 Å². The van der Waals surface area contributed by atoms with Gasteiger partial charge in [0.2, 0.25) is 0 Å². The van der Waals surface area contributed by atoms with Gasteiger partial charge < -0.3 is 5.11 Å². The van der Waals surface area contributed by atoms with E-state index in [1.165, 1.54) is 19.1 Å². The number of hydrogen-bond donors (Lipinski definition) is 1. The molecule has 1 aromatic heterocycles. The minimum absolute atomic E-state index is 0.0527. The minimum Gasteiger partial charge on any atom is -0.476 e. The molecule has 0 saturated carbocycles. The van der Waals surface area contributed by atoms with Gasteiger partial charge in [0, 0.05) is 6.20 Å². The molecular weight excluding hydrogens is 287 g/mol. The lowest BCUT2D eigenvalue weighted by atomic mass is 10.1. The molecule has 0 radical (unpaired) electrons. The molecule has 7 heteroatoms. The van der Waals surface area contributed by atoms with Crippen molar-refractivity contribution in [2.75, 3.05) is 0 Å². The van der Waals surface area contributed by atoms with Gasteiger partial charge in [-0.15, -0.1) is 0 Å². The normalized spacial score (nSPS) is 10.3. The van der Waals surface area contributed by atoms with Crippen LogP contribution >= 0.6 is 11.6 Å². The molecule has 0 saturated heterocycles. The number of aromatic nitrogens is 2. The number of nitrogens with zero attached hydrogens (tertiary/aromatic N) is 2. The molecule has 0 fully saturated rings. The average molecular weight is 295 g/mol. The van der Waals surface area contributed by atoms with Crippen molar-refractivity contribution in [3.05, 3.63) is 46.5 Å². The summed E-state index contributed by atoms with van der Waals surface area (Å²) in [6.45, 7) is 1.20. The third kappa shape index (κ3) is 2.50. The number of hydrogen-bond acceptors (Lipinski definition) is 4. The number of carbonyl (C=O) groups excluding carboxylic acids is 1. The maximum atomic E-state index is 13.7. The predicted octanol–water partition coefficient (Wildman–Crippen LogP) is 2.84. The first-order chi connectivity index (χ1) is 9.41. The topological polar surface area (TPSA) is 80.2 Å². The molecule has 102 valence electrons. The van der Waals surface area contributed by atoms with Crippen molar-refractivity contribution in [3.63, 3.8) is 0 Å². The molecule has 1 aromatic carbocycles. The largest absolute Gasteiger partial charge is 0.476 e. The summed E-state index contributed by atoms with van der Waals surface area (Å²) >= 11 is 5.86. The van der Waals surface area contributed by atoms with Crippen molar-refractivity contribution >= 4 is 23.4 Å². The molecule has 1 N–H and O–H groups in total. The number of carboxylic acids is 1. The lowest BCUT2D eigenvalue weighted by molar-refractivity contribution is 0.0685. The van der Waals surface area contributed by atoms with Crippen LogP contribution in [0.15, 0.2) is 24.4 Å². The molecule has 1 heterocycles. The second kappa shape index (κ2) is 5.34. The fraction of sp³-hybridized carbons (Fsp3) is 0.0769. The number of rotatable bonds is 3. The lowest BCUT2D eigenvalue weighted by Crippen LogP contribution is -2.11. The van der Waals surface area contributed by atoms with Crippen LogP contribution < -0.4 is 0 Å². The van der Waals surface area contributed by atoms with Gasteiger partial charge in [-0.3, -0.25) is 4.79 Å². The summed E-state index contributed by atoms with van der Waals surface area (Å²) in [5, 5.41) is 9.11. The summed E-state index contributed by atoms with van der Waals surface area (Å²) in [5.74, 6) is -2.75. The van der Waals surface area contributed by atoms with E-state index in [9.17, 15) is 14.0 Å². The van der Waals surface area contributed by atoms with Gasteiger partial charge in [0.1, 0.15) is 5.82 Å². The highest BCUT2D eigenvalue weighted by Crippen LogP contribution is 2.28. The third-order valence-electron chi connectivity index (χ3n) is 2.56. The van der Waals surface area contributed by atoms with Crippen molar-refractivity contribution in [2.45, 2.75) is 6.92 Å². The number of ketones is 1. The van der Waals surface area contributed by atoms with Crippen molar-refractivity contribution in [3.8, 4) is 11.4 Å². The second-order valence-corrected chi connectivity index (χ2v) is 4.32. The van der Waals surface area contributed by atoms with E-state index in [2.05, 4.69) is 9.97 Å². The SMILES string of the molecule is CC(=O)c1cnc(-c2c(F)cccc2Cl)nc1C(=O)O. The number of carboxylic acid groups (broad SMARTS) is 1. The Labute approximate surface area is 118 Å². The first kappa shape index (κ1) is 14.1. The summed E-state index contributed by atoms with van der Waals surface area (Å²) in [4.78, 5) is 30.0. The van der Waals surface area contributed by atoms with Gasteiger partial charge in [-0.25, -0.2) is 19.2 Å². The predicted molar refractivity (Wildman–Crippen MR) is 69.4 cm³/mol. The molecule has 0 aliphatic carbocycles. The van der Waals surface area contributed by atoms with E-state index >= 15 is 0 Å². The van der Waals surface area contributed by atoms with Crippen LogP contribution in [0.25, 0.3) is 11.4 Å². The van der Waals surface area contributed by atoms with Crippen LogP contribution in [-0.2, 0) is 0 Å². The quantitative estimate of drug-likeness (QED) is 0.880. The average Bonchev–Trinajstić information content (AvgIpc) is 2.38. The van der Waals surface area contributed by atoms with Gasteiger partial charge in [0.15, 0.2) is 17.3 Å². The number of halogens is 2. The van der Waals surface area contributed by atoms with Crippen molar-refractivity contribution in [2.24, 2.45) is 0 Å². The van der Waals surface area contributed by atoms with E-state index in [-0.39, 0.29) is 22.0 Å². The Bertz CT molecular complexity index is 699. The molecule has 0 amide bonds. The fourth-order valence-corrected chi connectivity index (χ4v) is 1.88. The number of aromatic carboxylic acids is 1. The third-order valence-corrected chi connectivity index (χ3v) is 2.87. The molecule has 0 unspecified atom stereocenters. The van der Waals surface area contributed by atoms with E-state index in [0.717, 1.165) is 12.3 Å². The van der Waals surface area contributed by atoms with E-state index < -0.39 is 23.3 Å². The number of carbonyl (C=O) groups is 2. The van der Waals surface area contributed by atoms with Crippen LogP contribution in [0.2, 0.25) is 5.02 Å². The molecule has 0 aliphatic heterocycles. The number of Topliss-reactive ketones (excluding diaryl/α,β-unsaturated/α-hetero) is 1. The van der Waals surface area contributed by atoms with E-state index in [4.69, 9.17) is 16.7 Å². The zero-order valence-electron chi connectivity index (χ0n) is 10.2. The smallest absolute Gasteiger partial charge is 0.355 e. The highest BCUT2D eigenvalue weighted by atomic mass is 35.5. The van der Waals surface area contributed by atoms with Crippen LogP contribution in [0.3, 0.4) is 0 Å². The Kier molecular flexibility index (Phi) is 3.76. The van der Waals surface area contributed by atoms with Gasteiger partial charge in [0.25, 0.3) is 0 Å². The molecule has 0 bridgehead atoms. The Hall–Kier alpha value is -2.34. The zero-order valence-corrected chi connectivity index (χ0v) is 11.0. The van der Waals surface area contributed by atoms with Crippen LogP contribution in [0, 0.1) is 5.82 Å². The molecule has 0 spiro atoms. The van der Waals surface area contributed by atoms with Crippen LogP contribution in [0.1, 0.15) is 27.8 Å². The van der Waals surface area contributed by atoms with E-state index in [0.29, 0.717) is 0 Å². The highest BCUT2D eigenvalue weighted by Gasteiger charge is 2.20. The molecule has 0 atom stereocenters. The first-order valence-electron chi connectivity index (χ1n) is 5.47. The van der Waals surface area contributed by atoms with Gasteiger partial charge in [-0.05, 0) is 19.1 Å². The van der Waals surface area contributed by atoms with Crippen LogP contribution in [0.5, 0.6) is 0 Å². The highest BCUT2D eigenvalue weighted by molar-refractivity contribution is 6.33. The van der Waals surface area contributed by atoms with Gasteiger partial charge >= 0.3 is 5.97 Å². The maximum Gasteiger partial charge on any atom is 0.355 e. The monoisotopic (exact) mass is 294 g/mol. The van der Waals surface area contributed by atoms with Gasteiger partial charge in [0.05, 0.1) is 16.1 Å². The standard InChI is InChI=1S/C13H8ClFN2O3/c1-6(18)7-5-16-12(17-11(7)13(19)20)10-8(14)3-2-4-9(10)15/h2-5H,1H3,(H,19,20). The first-order valence-corrected chi connectivity index (χ1v) is 5.85. The number of benzene rings is 1. The molecule has 2 aromatic rings. The summed E-state index contributed by atoms with van der Waals surface area (Å²) in [6.07, 6.45) is 1.05. The molecule has 5 nitrogen and oxygen atoms in total. The summed E-state index contributed by atoms with van der Waals surface area (Å²) in [6, 6.07) is 4.00. The summed E-state index contributed by atoms with van der Waals surface area (Å²) in [7, 11) is 0. The zero-order chi connectivity index (χ0) is 14.9. The molecular formula is C13H8ClFN2O3.